The van der Waals surface area contributed by atoms with Gasteiger partial charge in [0, 0.05) is 9.75 Å². The number of nitriles is 1. The Morgan fingerprint density at radius 3 is 2.50 bits per heavy atom. The van der Waals surface area contributed by atoms with Crippen LogP contribution >= 0.6 is 22.7 Å². The van der Waals surface area contributed by atoms with Crippen molar-refractivity contribution in [1.82, 2.24) is 9.55 Å². The lowest BCUT2D eigenvalue weighted by atomic mass is 9.96. The van der Waals surface area contributed by atoms with Gasteiger partial charge in [-0.2, -0.15) is 5.26 Å². The van der Waals surface area contributed by atoms with Crippen molar-refractivity contribution in [3.63, 3.8) is 0 Å². The van der Waals surface area contributed by atoms with Crippen LogP contribution in [0.25, 0.3) is 10.2 Å². The van der Waals surface area contributed by atoms with Gasteiger partial charge in [0.15, 0.2) is 0 Å². The summed E-state index contributed by atoms with van der Waals surface area (Å²) in [7, 11) is 0. The molecule has 154 valence electrons. The second-order valence-corrected chi connectivity index (χ2v) is 10.2. The van der Waals surface area contributed by atoms with Crippen molar-refractivity contribution in [2.75, 3.05) is 5.32 Å². The van der Waals surface area contributed by atoms with Gasteiger partial charge in [-0.25, -0.2) is 4.98 Å². The number of carbonyl (C=O) groups is 1. The van der Waals surface area contributed by atoms with Gasteiger partial charge in [0.2, 0.25) is 5.91 Å². The van der Waals surface area contributed by atoms with Gasteiger partial charge in [-0.05, 0) is 69.4 Å². The number of rotatable bonds is 3. The van der Waals surface area contributed by atoms with Crippen LogP contribution in [0, 0.1) is 18.3 Å². The standard InChI is InChI=1S/C22H22N4O2S2/c1-12-24-21-19(14-7-3-5-9-17(14)30-21)22(28)26(12)11-18(27)25-20-15(10-23)13-6-2-4-8-16(13)29-20/h2-9,11H2,1H3,(H,25,27). The predicted molar refractivity (Wildman–Crippen MR) is 120 cm³/mol. The Hall–Kier alpha value is -2.50. The number of amides is 1. The Kier molecular flexibility index (Phi) is 4.95. The molecule has 0 atom stereocenters. The summed E-state index contributed by atoms with van der Waals surface area (Å²) in [4.78, 5) is 34.0. The molecule has 8 heteroatoms. The molecule has 30 heavy (non-hydrogen) atoms. The fraction of sp³-hybridized carbons (Fsp3) is 0.455. The van der Waals surface area contributed by atoms with Crippen LogP contribution < -0.4 is 10.9 Å². The zero-order valence-electron chi connectivity index (χ0n) is 16.8. The topological polar surface area (TPSA) is 87.8 Å². The van der Waals surface area contributed by atoms with Gasteiger partial charge in [0.05, 0.1) is 10.9 Å². The summed E-state index contributed by atoms with van der Waals surface area (Å²) in [6.07, 6.45) is 8.23. The largest absolute Gasteiger partial charge is 0.315 e. The van der Waals surface area contributed by atoms with Crippen LogP contribution in [0.15, 0.2) is 4.79 Å². The number of fused-ring (bicyclic) bond motifs is 4. The van der Waals surface area contributed by atoms with Crippen LogP contribution in [-0.2, 0) is 37.0 Å². The van der Waals surface area contributed by atoms with Crippen molar-refractivity contribution in [1.29, 1.82) is 5.26 Å². The van der Waals surface area contributed by atoms with E-state index in [-0.39, 0.29) is 18.0 Å². The molecule has 0 spiro atoms. The van der Waals surface area contributed by atoms with E-state index in [0.29, 0.717) is 21.8 Å². The summed E-state index contributed by atoms with van der Waals surface area (Å²) >= 11 is 3.12. The first-order valence-corrected chi connectivity index (χ1v) is 12.1. The fourth-order valence-corrected chi connectivity index (χ4v) is 7.16. The molecule has 0 unspecified atom stereocenters. The van der Waals surface area contributed by atoms with E-state index < -0.39 is 0 Å². The first-order valence-electron chi connectivity index (χ1n) is 10.4. The highest BCUT2D eigenvalue weighted by Crippen LogP contribution is 2.37. The molecule has 6 nitrogen and oxygen atoms in total. The van der Waals surface area contributed by atoms with Gasteiger partial charge in [0.25, 0.3) is 5.56 Å². The number of anilines is 1. The van der Waals surface area contributed by atoms with Crippen molar-refractivity contribution in [3.05, 3.63) is 42.6 Å². The lowest BCUT2D eigenvalue weighted by molar-refractivity contribution is -0.116. The number of nitrogens with zero attached hydrogens (tertiary/aromatic N) is 3. The molecule has 2 aliphatic rings. The lowest BCUT2D eigenvalue weighted by Gasteiger charge is -2.12. The Labute approximate surface area is 182 Å². The second-order valence-electron chi connectivity index (χ2n) is 8.02. The molecule has 1 N–H and O–H groups in total. The van der Waals surface area contributed by atoms with Crippen LogP contribution in [0.3, 0.4) is 0 Å². The average Bonchev–Trinajstić information content (AvgIpc) is 3.28. The van der Waals surface area contributed by atoms with E-state index in [9.17, 15) is 14.9 Å². The first kappa shape index (κ1) is 19.5. The van der Waals surface area contributed by atoms with Gasteiger partial charge >= 0.3 is 0 Å². The highest BCUT2D eigenvalue weighted by atomic mass is 32.1. The van der Waals surface area contributed by atoms with Gasteiger partial charge in [-0.3, -0.25) is 14.2 Å². The highest BCUT2D eigenvalue weighted by Gasteiger charge is 2.24. The minimum absolute atomic E-state index is 0.0916. The minimum Gasteiger partial charge on any atom is -0.315 e. The summed E-state index contributed by atoms with van der Waals surface area (Å²) in [5, 5.41) is 13.8. The minimum atomic E-state index is -0.291. The Morgan fingerprint density at radius 2 is 1.77 bits per heavy atom. The maximum Gasteiger partial charge on any atom is 0.263 e. The van der Waals surface area contributed by atoms with E-state index >= 15 is 0 Å². The predicted octanol–water partition coefficient (Wildman–Crippen LogP) is 4.10. The molecular weight excluding hydrogens is 416 g/mol. The number of hydrogen-bond acceptors (Lipinski definition) is 6. The molecule has 0 radical (unpaired) electrons. The first-order chi connectivity index (χ1) is 14.6. The summed E-state index contributed by atoms with van der Waals surface area (Å²) in [6.45, 7) is 1.68. The van der Waals surface area contributed by atoms with Gasteiger partial charge < -0.3 is 5.32 Å². The maximum absolute atomic E-state index is 13.3. The zero-order valence-corrected chi connectivity index (χ0v) is 18.5. The molecule has 1 amide bonds. The van der Waals surface area contributed by atoms with Crippen molar-refractivity contribution < 1.29 is 4.79 Å². The average molecular weight is 439 g/mol. The van der Waals surface area contributed by atoms with E-state index in [1.54, 1.807) is 18.3 Å². The van der Waals surface area contributed by atoms with Crippen LogP contribution in [0.1, 0.15) is 58.0 Å². The van der Waals surface area contributed by atoms with E-state index in [4.69, 9.17) is 0 Å². The molecule has 0 saturated heterocycles. The molecule has 0 saturated carbocycles. The summed E-state index contributed by atoms with van der Waals surface area (Å²) in [6, 6.07) is 2.27. The number of aromatic nitrogens is 2. The number of hydrogen-bond donors (Lipinski definition) is 1. The monoisotopic (exact) mass is 438 g/mol. The van der Waals surface area contributed by atoms with E-state index in [1.165, 1.54) is 25.7 Å². The van der Waals surface area contributed by atoms with Gasteiger partial charge in [0.1, 0.15) is 28.3 Å². The van der Waals surface area contributed by atoms with Crippen molar-refractivity contribution in [3.8, 4) is 6.07 Å². The maximum atomic E-state index is 13.3. The molecule has 0 aliphatic heterocycles. The van der Waals surface area contributed by atoms with E-state index in [1.807, 2.05) is 0 Å². The molecule has 3 aromatic heterocycles. The van der Waals surface area contributed by atoms with Crippen molar-refractivity contribution in [2.45, 2.75) is 64.8 Å². The third-order valence-corrected chi connectivity index (χ3v) is 8.50. The lowest BCUT2D eigenvalue weighted by Crippen LogP contribution is -2.30. The molecule has 0 bridgehead atoms. The number of aryl methyl sites for hydroxylation is 4. The van der Waals surface area contributed by atoms with Gasteiger partial charge in [-0.15, -0.1) is 22.7 Å². The van der Waals surface area contributed by atoms with Gasteiger partial charge in [-0.1, -0.05) is 0 Å². The number of thiophene rings is 2. The quantitative estimate of drug-likeness (QED) is 0.667. The van der Waals surface area contributed by atoms with Crippen LogP contribution in [0.2, 0.25) is 0 Å². The highest BCUT2D eigenvalue weighted by molar-refractivity contribution is 7.18. The third kappa shape index (κ3) is 3.17. The Morgan fingerprint density at radius 1 is 1.10 bits per heavy atom. The molecule has 5 rings (SSSR count). The molecule has 2 aliphatic carbocycles. The Balaban J connectivity index is 1.46. The van der Waals surface area contributed by atoms with Crippen LogP contribution in [0.5, 0.6) is 0 Å². The molecular formula is C22H22N4O2S2. The second kappa shape index (κ2) is 7.64. The van der Waals surface area contributed by atoms with Crippen LogP contribution in [-0.4, -0.2) is 15.5 Å². The SMILES string of the molecule is Cc1nc2sc3c(c2c(=O)n1CC(=O)Nc1sc2c(c1C#N)CCCC2)CCCC3. The number of carbonyl (C=O) groups excluding carboxylic acids is 1. The van der Waals surface area contributed by atoms with Crippen molar-refractivity contribution >= 4 is 43.8 Å². The molecule has 0 aromatic carbocycles. The number of nitrogens with one attached hydrogen (secondary N) is 1. The fourth-order valence-electron chi connectivity index (χ4n) is 4.61. The molecule has 3 heterocycles. The smallest absolute Gasteiger partial charge is 0.263 e. The summed E-state index contributed by atoms with van der Waals surface area (Å²) in [5.74, 6) is 0.257. The molecule has 3 aromatic rings. The third-order valence-electron chi connectivity index (χ3n) is 6.10. The zero-order chi connectivity index (χ0) is 20.8. The van der Waals surface area contributed by atoms with Crippen molar-refractivity contribution in [2.24, 2.45) is 0 Å². The molecule has 0 fully saturated rings. The summed E-state index contributed by atoms with van der Waals surface area (Å²) < 4.78 is 1.47. The van der Waals surface area contributed by atoms with E-state index in [2.05, 4.69) is 16.4 Å². The summed E-state index contributed by atoms with van der Waals surface area (Å²) in [5.41, 5.74) is 2.68. The van der Waals surface area contributed by atoms with E-state index in [0.717, 1.165) is 67.3 Å². The Bertz CT molecular complexity index is 1280. The normalized spacial score (nSPS) is 15.5. The van der Waals surface area contributed by atoms with Crippen LogP contribution in [0.4, 0.5) is 5.00 Å².